The first kappa shape index (κ1) is 12.5. The van der Waals surface area contributed by atoms with Gasteiger partial charge in [0.15, 0.2) is 4.34 Å². The van der Waals surface area contributed by atoms with E-state index >= 15 is 0 Å². The minimum atomic E-state index is 0.849. The Morgan fingerprint density at radius 2 is 2.18 bits per heavy atom. The summed E-state index contributed by atoms with van der Waals surface area (Å²) in [6.07, 6.45) is 0. The predicted octanol–water partition coefficient (Wildman–Crippen LogP) is 3.11. The van der Waals surface area contributed by atoms with Gasteiger partial charge < -0.3 is 5.32 Å². The van der Waals surface area contributed by atoms with E-state index in [2.05, 4.69) is 45.9 Å². The lowest BCUT2D eigenvalue weighted by molar-refractivity contribution is 0.718. The number of aromatic nitrogens is 2. The third-order valence-corrected chi connectivity index (χ3v) is 4.20. The molecular weight excluding hydrogens is 250 g/mol. The summed E-state index contributed by atoms with van der Waals surface area (Å²) >= 11 is 3.15. The van der Waals surface area contributed by atoms with Crippen LogP contribution < -0.4 is 5.32 Å². The molecule has 0 bridgehead atoms. The maximum Gasteiger partial charge on any atom is 0.174 e. The first-order valence-corrected chi connectivity index (χ1v) is 7.15. The van der Waals surface area contributed by atoms with E-state index in [1.807, 2.05) is 6.92 Å². The second-order valence-electron chi connectivity index (χ2n) is 3.60. The van der Waals surface area contributed by atoms with E-state index in [1.54, 1.807) is 11.8 Å². The van der Waals surface area contributed by atoms with Crippen LogP contribution in [0.5, 0.6) is 0 Å². The fourth-order valence-corrected chi connectivity index (χ4v) is 3.16. The van der Waals surface area contributed by atoms with Crippen molar-refractivity contribution in [3.8, 4) is 0 Å². The SMILES string of the molecule is CCNCc1ccccc1Sc1nc(C)ns1. The van der Waals surface area contributed by atoms with Crippen molar-refractivity contribution in [1.82, 2.24) is 14.7 Å². The van der Waals surface area contributed by atoms with Crippen LogP contribution in [-0.4, -0.2) is 15.9 Å². The van der Waals surface area contributed by atoms with Gasteiger partial charge in [0.1, 0.15) is 5.82 Å². The smallest absolute Gasteiger partial charge is 0.174 e. The molecule has 0 spiro atoms. The number of aryl methyl sites for hydroxylation is 1. The number of benzene rings is 1. The van der Waals surface area contributed by atoms with Gasteiger partial charge >= 0.3 is 0 Å². The lowest BCUT2D eigenvalue weighted by Gasteiger charge is -2.07. The van der Waals surface area contributed by atoms with Gasteiger partial charge in [0.2, 0.25) is 0 Å². The van der Waals surface area contributed by atoms with Gasteiger partial charge in [0.25, 0.3) is 0 Å². The van der Waals surface area contributed by atoms with E-state index in [-0.39, 0.29) is 0 Å². The van der Waals surface area contributed by atoms with E-state index in [9.17, 15) is 0 Å². The quantitative estimate of drug-likeness (QED) is 0.901. The monoisotopic (exact) mass is 265 g/mol. The molecule has 0 fully saturated rings. The van der Waals surface area contributed by atoms with Crippen molar-refractivity contribution in [2.45, 2.75) is 29.6 Å². The summed E-state index contributed by atoms with van der Waals surface area (Å²) in [6.45, 7) is 5.92. The van der Waals surface area contributed by atoms with Crippen LogP contribution in [0.4, 0.5) is 0 Å². The summed E-state index contributed by atoms with van der Waals surface area (Å²) in [5.41, 5.74) is 1.31. The van der Waals surface area contributed by atoms with E-state index < -0.39 is 0 Å². The molecule has 1 N–H and O–H groups in total. The van der Waals surface area contributed by atoms with Crippen LogP contribution in [0.15, 0.2) is 33.5 Å². The number of rotatable bonds is 5. The summed E-state index contributed by atoms with van der Waals surface area (Å²) in [6, 6.07) is 8.42. The molecular formula is C12H15N3S2. The maximum atomic E-state index is 4.38. The molecule has 2 rings (SSSR count). The van der Waals surface area contributed by atoms with Gasteiger partial charge in [0, 0.05) is 11.4 Å². The summed E-state index contributed by atoms with van der Waals surface area (Å²) in [5, 5.41) is 3.35. The molecule has 2 aromatic rings. The Hall–Kier alpha value is -0.910. The Balaban J connectivity index is 2.14. The van der Waals surface area contributed by atoms with Crippen molar-refractivity contribution in [2.75, 3.05) is 6.54 Å². The van der Waals surface area contributed by atoms with Crippen molar-refractivity contribution in [2.24, 2.45) is 0 Å². The highest BCUT2D eigenvalue weighted by Crippen LogP contribution is 2.31. The summed E-state index contributed by atoms with van der Waals surface area (Å²) in [7, 11) is 0. The molecule has 90 valence electrons. The van der Waals surface area contributed by atoms with E-state index in [0.29, 0.717) is 0 Å². The average Bonchev–Trinajstić information content (AvgIpc) is 2.74. The molecule has 0 aliphatic rings. The van der Waals surface area contributed by atoms with E-state index in [0.717, 1.165) is 23.3 Å². The molecule has 5 heteroatoms. The third kappa shape index (κ3) is 3.52. The van der Waals surface area contributed by atoms with Crippen molar-refractivity contribution in [3.05, 3.63) is 35.7 Å². The Morgan fingerprint density at radius 3 is 2.88 bits per heavy atom. The summed E-state index contributed by atoms with van der Waals surface area (Å²) in [4.78, 5) is 5.63. The maximum absolute atomic E-state index is 4.38. The molecule has 3 nitrogen and oxygen atoms in total. The lowest BCUT2D eigenvalue weighted by atomic mass is 10.2. The molecule has 0 radical (unpaired) electrons. The van der Waals surface area contributed by atoms with Crippen LogP contribution in [0.2, 0.25) is 0 Å². The second kappa shape index (κ2) is 6.14. The van der Waals surface area contributed by atoms with Crippen LogP contribution in [-0.2, 0) is 6.54 Å². The van der Waals surface area contributed by atoms with Crippen molar-refractivity contribution in [1.29, 1.82) is 0 Å². The van der Waals surface area contributed by atoms with Gasteiger partial charge in [-0.3, -0.25) is 0 Å². The van der Waals surface area contributed by atoms with Crippen molar-refractivity contribution < 1.29 is 0 Å². The minimum Gasteiger partial charge on any atom is -0.313 e. The van der Waals surface area contributed by atoms with E-state index in [4.69, 9.17) is 0 Å². The Morgan fingerprint density at radius 1 is 1.35 bits per heavy atom. The van der Waals surface area contributed by atoms with Gasteiger partial charge in [-0.2, -0.15) is 4.37 Å². The fraction of sp³-hybridized carbons (Fsp3) is 0.333. The van der Waals surface area contributed by atoms with Crippen molar-refractivity contribution >= 4 is 23.3 Å². The minimum absolute atomic E-state index is 0.849. The van der Waals surface area contributed by atoms with Gasteiger partial charge in [-0.15, -0.1) is 0 Å². The van der Waals surface area contributed by atoms with Crippen LogP contribution in [0.1, 0.15) is 18.3 Å². The number of hydrogen-bond acceptors (Lipinski definition) is 5. The second-order valence-corrected chi connectivity index (χ2v) is 5.64. The largest absolute Gasteiger partial charge is 0.313 e. The van der Waals surface area contributed by atoms with Crippen LogP contribution >= 0.6 is 23.3 Å². The van der Waals surface area contributed by atoms with Crippen LogP contribution in [0, 0.1) is 6.92 Å². The van der Waals surface area contributed by atoms with E-state index in [1.165, 1.54) is 22.0 Å². The Kier molecular flexibility index (Phi) is 4.53. The molecule has 1 aromatic carbocycles. The van der Waals surface area contributed by atoms with Gasteiger partial charge in [-0.25, -0.2) is 4.98 Å². The van der Waals surface area contributed by atoms with Crippen LogP contribution in [0.3, 0.4) is 0 Å². The molecule has 0 saturated heterocycles. The molecule has 0 saturated carbocycles. The fourth-order valence-electron chi connectivity index (χ4n) is 1.42. The normalized spacial score (nSPS) is 10.7. The first-order valence-electron chi connectivity index (χ1n) is 5.56. The van der Waals surface area contributed by atoms with Gasteiger partial charge in [-0.1, -0.05) is 36.9 Å². The summed E-state index contributed by atoms with van der Waals surface area (Å²) < 4.78 is 5.20. The molecule has 1 aromatic heterocycles. The third-order valence-electron chi connectivity index (χ3n) is 2.24. The molecule has 0 amide bonds. The number of nitrogens with one attached hydrogen (secondary N) is 1. The standard InChI is InChI=1S/C12H15N3S2/c1-3-13-8-10-6-4-5-7-11(10)16-12-14-9(2)15-17-12/h4-7,13H,3,8H2,1-2H3. The Labute approximate surface area is 110 Å². The number of nitrogens with zero attached hydrogens (tertiary/aromatic N) is 2. The highest BCUT2D eigenvalue weighted by molar-refractivity contribution is 8.01. The van der Waals surface area contributed by atoms with Crippen LogP contribution in [0.25, 0.3) is 0 Å². The number of hydrogen-bond donors (Lipinski definition) is 1. The molecule has 0 aliphatic carbocycles. The molecule has 0 aliphatic heterocycles. The highest BCUT2D eigenvalue weighted by atomic mass is 32.2. The molecule has 1 heterocycles. The Bertz CT molecular complexity index is 482. The van der Waals surface area contributed by atoms with Gasteiger partial charge in [-0.05, 0) is 36.6 Å². The predicted molar refractivity (Wildman–Crippen MR) is 72.6 cm³/mol. The lowest BCUT2D eigenvalue weighted by Crippen LogP contribution is -2.12. The topological polar surface area (TPSA) is 37.8 Å². The zero-order chi connectivity index (χ0) is 12.1. The zero-order valence-electron chi connectivity index (χ0n) is 9.93. The zero-order valence-corrected chi connectivity index (χ0v) is 11.6. The molecule has 0 atom stereocenters. The van der Waals surface area contributed by atoms with Gasteiger partial charge in [0.05, 0.1) is 0 Å². The summed E-state index contributed by atoms with van der Waals surface area (Å²) in [5.74, 6) is 0.849. The average molecular weight is 265 g/mol. The van der Waals surface area contributed by atoms with Crippen molar-refractivity contribution in [3.63, 3.8) is 0 Å². The molecule has 0 unspecified atom stereocenters. The first-order chi connectivity index (χ1) is 8.29. The molecule has 17 heavy (non-hydrogen) atoms. The highest BCUT2D eigenvalue weighted by Gasteiger charge is 2.06.